The van der Waals surface area contributed by atoms with Gasteiger partial charge in [-0.1, -0.05) is 43.3 Å². The van der Waals surface area contributed by atoms with Crippen LogP contribution in [0.2, 0.25) is 0 Å². The first-order valence-corrected chi connectivity index (χ1v) is 13.5. The quantitative estimate of drug-likeness (QED) is 0.112. The minimum Gasteiger partial charge on any atom is -0.497 e. The van der Waals surface area contributed by atoms with Crippen molar-refractivity contribution in [3.63, 3.8) is 0 Å². The third kappa shape index (κ3) is 5.91. The normalized spacial score (nSPS) is 10.8. The van der Waals surface area contributed by atoms with Crippen molar-refractivity contribution in [3.8, 4) is 5.75 Å². The van der Waals surface area contributed by atoms with E-state index in [2.05, 4.69) is 18.4 Å². The summed E-state index contributed by atoms with van der Waals surface area (Å²) in [5.74, 6) is 0.159. The maximum atomic E-state index is 13.1. The van der Waals surface area contributed by atoms with Gasteiger partial charge < -0.3 is 18.8 Å². The molecule has 0 unspecified atom stereocenters. The molecule has 4 rings (SSSR count). The van der Waals surface area contributed by atoms with Crippen molar-refractivity contribution in [1.29, 1.82) is 0 Å². The Bertz CT molecular complexity index is 1530. The van der Waals surface area contributed by atoms with Crippen LogP contribution in [0, 0.1) is 13.8 Å². The summed E-state index contributed by atoms with van der Waals surface area (Å²) in [5, 5.41) is 0. The van der Waals surface area contributed by atoms with Gasteiger partial charge >= 0.3 is 11.9 Å². The maximum Gasteiger partial charge on any atom is 0.346 e. The summed E-state index contributed by atoms with van der Waals surface area (Å²) in [4.78, 5) is 35.8. The molecule has 8 nitrogen and oxygen atoms in total. The van der Waals surface area contributed by atoms with E-state index >= 15 is 0 Å². The average molecular weight is 542 g/mol. The lowest BCUT2D eigenvalue weighted by molar-refractivity contribution is -0.146. The van der Waals surface area contributed by atoms with E-state index < -0.39 is 11.9 Å². The summed E-state index contributed by atoms with van der Waals surface area (Å²) in [6, 6.07) is 17.0. The highest BCUT2D eigenvalue weighted by Crippen LogP contribution is 2.31. The van der Waals surface area contributed by atoms with Crippen LogP contribution in [-0.2, 0) is 32.0 Å². The highest BCUT2D eigenvalue weighted by Gasteiger charge is 2.28. The number of rotatable bonds is 10. The molecule has 4 aromatic rings. The fourth-order valence-electron chi connectivity index (χ4n) is 4.75. The van der Waals surface area contributed by atoms with Crippen LogP contribution in [-0.4, -0.2) is 46.8 Å². The smallest absolute Gasteiger partial charge is 0.346 e. The molecule has 0 N–H and O–H groups in total. The monoisotopic (exact) mass is 541 g/mol. The summed E-state index contributed by atoms with van der Waals surface area (Å²) in [7, 11) is 1.58. The molecule has 2 aromatic heterocycles. The zero-order valence-corrected chi connectivity index (χ0v) is 23.9. The third-order valence-corrected chi connectivity index (χ3v) is 6.59. The summed E-state index contributed by atoms with van der Waals surface area (Å²) < 4.78 is 18.0. The zero-order chi connectivity index (χ0) is 28.8. The number of esters is 2. The van der Waals surface area contributed by atoms with Crippen molar-refractivity contribution in [2.75, 3.05) is 20.3 Å². The SMILES string of the molecule is CCOC(=O)C(C(=O)OCC)=C(c1ccc(Cn2c(CC)nc3c(C)cc(C)nc32)cc1)c1ccc(OC)cc1. The second-order valence-electron chi connectivity index (χ2n) is 9.34. The first-order valence-electron chi connectivity index (χ1n) is 13.5. The van der Waals surface area contributed by atoms with Crippen LogP contribution in [0.4, 0.5) is 0 Å². The van der Waals surface area contributed by atoms with E-state index in [1.165, 1.54) is 0 Å². The van der Waals surface area contributed by atoms with Crippen LogP contribution in [0.1, 0.15) is 54.5 Å². The number of fused-ring (bicyclic) bond motifs is 1. The van der Waals surface area contributed by atoms with E-state index in [1.807, 2.05) is 49.4 Å². The topological polar surface area (TPSA) is 92.5 Å². The van der Waals surface area contributed by atoms with E-state index in [9.17, 15) is 9.59 Å². The Morgan fingerprint density at radius 1 is 0.825 bits per heavy atom. The minimum absolute atomic E-state index is 0.127. The van der Waals surface area contributed by atoms with Gasteiger partial charge in [-0.2, -0.15) is 0 Å². The van der Waals surface area contributed by atoms with Gasteiger partial charge in [0.25, 0.3) is 0 Å². The van der Waals surface area contributed by atoms with Crippen molar-refractivity contribution in [3.05, 3.63) is 93.9 Å². The lowest BCUT2D eigenvalue weighted by atomic mass is 9.92. The molecule has 2 heterocycles. The molecule has 0 atom stereocenters. The molecular formula is C32H35N3O5. The van der Waals surface area contributed by atoms with E-state index in [4.69, 9.17) is 24.2 Å². The molecule has 40 heavy (non-hydrogen) atoms. The van der Waals surface area contributed by atoms with Gasteiger partial charge in [0.15, 0.2) is 11.2 Å². The lowest BCUT2D eigenvalue weighted by Gasteiger charge is -2.16. The predicted molar refractivity (Wildman–Crippen MR) is 154 cm³/mol. The van der Waals surface area contributed by atoms with Crippen molar-refractivity contribution in [2.24, 2.45) is 0 Å². The second-order valence-corrected chi connectivity index (χ2v) is 9.34. The molecule has 0 aliphatic rings. The summed E-state index contributed by atoms with van der Waals surface area (Å²) in [6.45, 7) is 10.4. The number of nitrogens with zero attached hydrogens (tertiary/aromatic N) is 3. The Balaban J connectivity index is 1.82. The Morgan fingerprint density at radius 3 is 1.93 bits per heavy atom. The van der Waals surface area contributed by atoms with Crippen LogP contribution in [0.5, 0.6) is 5.75 Å². The fraction of sp³-hybridized carbons (Fsp3) is 0.312. The van der Waals surface area contributed by atoms with Gasteiger partial charge in [-0.3, -0.25) is 0 Å². The van der Waals surface area contributed by atoms with Gasteiger partial charge in [-0.15, -0.1) is 0 Å². The zero-order valence-electron chi connectivity index (χ0n) is 23.9. The Hall–Kier alpha value is -4.46. The number of aromatic nitrogens is 3. The molecule has 0 fully saturated rings. The molecule has 2 aromatic carbocycles. The minimum atomic E-state index is -0.731. The number of hydrogen-bond donors (Lipinski definition) is 0. The molecule has 0 aliphatic heterocycles. The predicted octanol–water partition coefficient (Wildman–Crippen LogP) is 5.60. The Kier molecular flexibility index (Phi) is 8.99. The molecule has 0 amide bonds. The highest BCUT2D eigenvalue weighted by atomic mass is 16.6. The van der Waals surface area contributed by atoms with Crippen LogP contribution in [0.25, 0.3) is 16.7 Å². The maximum absolute atomic E-state index is 13.1. The largest absolute Gasteiger partial charge is 0.497 e. The van der Waals surface area contributed by atoms with Crippen molar-refractivity contribution < 1.29 is 23.8 Å². The Labute approximate surface area is 234 Å². The van der Waals surface area contributed by atoms with Gasteiger partial charge in [0.1, 0.15) is 17.1 Å². The first kappa shape index (κ1) is 28.5. The molecule has 0 saturated carbocycles. The highest BCUT2D eigenvalue weighted by molar-refractivity contribution is 6.21. The molecule has 0 bridgehead atoms. The van der Waals surface area contributed by atoms with E-state index in [0.717, 1.165) is 40.2 Å². The van der Waals surface area contributed by atoms with Crippen LogP contribution in [0.15, 0.2) is 60.2 Å². The number of carbonyl (C=O) groups excluding carboxylic acids is 2. The number of hydrogen-bond acceptors (Lipinski definition) is 7. The van der Waals surface area contributed by atoms with Gasteiger partial charge in [0, 0.05) is 17.7 Å². The molecule has 0 saturated heterocycles. The molecule has 0 aliphatic carbocycles. The molecule has 8 heteroatoms. The van der Waals surface area contributed by atoms with Gasteiger partial charge in [0.05, 0.1) is 26.9 Å². The van der Waals surface area contributed by atoms with Gasteiger partial charge in [-0.05, 0) is 68.1 Å². The van der Waals surface area contributed by atoms with Gasteiger partial charge in [-0.25, -0.2) is 19.6 Å². The van der Waals surface area contributed by atoms with Crippen molar-refractivity contribution in [1.82, 2.24) is 14.5 Å². The van der Waals surface area contributed by atoms with Crippen LogP contribution >= 0.6 is 0 Å². The van der Waals surface area contributed by atoms with E-state index in [0.29, 0.717) is 29.0 Å². The number of methoxy groups -OCH3 is 1. The fourth-order valence-corrected chi connectivity index (χ4v) is 4.75. The number of pyridine rings is 1. The van der Waals surface area contributed by atoms with Crippen LogP contribution < -0.4 is 4.74 Å². The summed E-state index contributed by atoms with van der Waals surface area (Å²) in [5.41, 5.74) is 6.49. The molecular weight excluding hydrogens is 506 g/mol. The average Bonchev–Trinajstić information content (AvgIpc) is 3.30. The molecule has 208 valence electrons. The van der Waals surface area contributed by atoms with E-state index in [-0.39, 0.29) is 18.8 Å². The van der Waals surface area contributed by atoms with Crippen molar-refractivity contribution >= 4 is 28.7 Å². The van der Waals surface area contributed by atoms with E-state index in [1.54, 1.807) is 33.1 Å². The number of benzene rings is 2. The number of aryl methyl sites for hydroxylation is 3. The number of ether oxygens (including phenoxy) is 3. The lowest BCUT2D eigenvalue weighted by Crippen LogP contribution is -2.20. The summed E-state index contributed by atoms with van der Waals surface area (Å²) in [6.07, 6.45) is 0.778. The third-order valence-electron chi connectivity index (χ3n) is 6.59. The van der Waals surface area contributed by atoms with Gasteiger partial charge in [0.2, 0.25) is 0 Å². The Morgan fingerprint density at radius 2 is 1.40 bits per heavy atom. The number of carbonyl (C=O) groups is 2. The second kappa shape index (κ2) is 12.6. The first-order chi connectivity index (χ1) is 19.3. The number of imidazole rings is 1. The molecule has 0 spiro atoms. The van der Waals surface area contributed by atoms with Crippen molar-refractivity contribution in [2.45, 2.75) is 47.6 Å². The standard InChI is InChI=1S/C32H35N3O5/c1-7-26-34-29-20(4)18-21(5)33-30(29)35(26)19-22-10-12-23(13-11-22)27(24-14-16-25(38-6)17-15-24)28(31(36)39-8-2)32(37)40-9-3/h10-18H,7-9,19H2,1-6H3. The summed E-state index contributed by atoms with van der Waals surface area (Å²) >= 11 is 0. The van der Waals surface area contributed by atoms with Crippen LogP contribution in [0.3, 0.4) is 0 Å². The molecule has 0 radical (unpaired) electrons.